The fourth-order valence-corrected chi connectivity index (χ4v) is 13.0. The summed E-state index contributed by atoms with van der Waals surface area (Å²) in [5.41, 5.74) is 0. The van der Waals surface area contributed by atoms with Gasteiger partial charge in [0.15, 0.2) is 33.6 Å². The molecular weight excluding hydrogens is 1550 g/mol. The van der Waals surface area contributed by atoms with E-state index in [0.717, 1.165) is 165 Å². The highest BCUT2D eigenvalue weighted by atomic mass is 127. The summed E-state index contributed by atoms with van der Waals surface area (Å²) < 4.78 is 61.5. The molecule has 3 aliphatic rings. The molecule has 9 nitrogen and oxygen atoms in total. The predicted octanol–water partition coefficient (Wildman–Crippen LogP) is 16.5. The Morgan fingerprint density at radius 1 is 0.343 bits per heavy atom. The van der Waals surface area contributed by atoms with Crippen LogP contribution in [0.1, 0.15) is 57.8 Å². The number of rotatable bonds is 15. The lowest BCUT2D eigenvalue weighted by Crippen LogP contribution is -2.25. The Hall–Kier alpha value is -1.27. The first kappa shape index (κ1) is 50.7. The summed E-state index contributed by atoms with van der Waals surface area (Å²) in [6.07, 6.45) is 8.63. The Balaban J connectivity index is 0.946. The smallest absolute Gasteiger partial charge is 0.199 e. The molecule has 6 aromatic rings. The highest BCUT2D eigenvalue weighted by Crippen LogP contribution is 2.41. The molecule has 6 aromatic carbocycles. The summed E-state index contributed by atoms with van der Waals surface area (Å²) in [7, 11) is -0.484. The quantitative estimate of drug-likeness (QED) is 0.0737. The molecule has 0 aliphatic carbocycles. The predicted molar refractivity (Wildman–Crippen MR) is 310 cm³/mol. The summed E-state index contributed by atoms with van der Waals surface area (Å²) >= 11 is 13.9. The minimum Gasteiger partial charge on any atom is -0.464 e. The van der Waals surface area contributed by atoms with Gasteiger partial charge < -0.3 is 42.6 Å². The second kappa shape index (κ2) is 24.4. The van der Waals surface area contributed by atoms with E-state index < -0.39 is 10.9 Å². The van der Waals surface area contributed by atoms with Gasteiger partial charge in [-0.05, 0) is 283 Å². The van der Waals surface area contributed by atoms with Gasteiger partial charge in [0.1, 0.15) is 51.7 Å². The molecule has 0 aromatic heterocycles. The van der Waals surface area contributed by atoms with Crippen molar-refractivity contribution in [2.75, 3.05) is 19.8 Å². The van der Waals surface area contributed by atoms with Crippen molar-refractivity contribution >= 4 is 146 Å². The Morgan fingerprint density at radius 3 is 0.851 bits per heavy atom. The molecule has 16 heteroatoms. The molecule has 67 heavy (non-hydrogen) atoms. The van der Waals surface area contributed by atoms with E-state index in [1.54, 1.807) is 0 Å². The minimum absolute atomic E-state index is 0.210. The number of ether oxygens (including phenoxy) is 9. The molecule has 0 saturated carbocycles. The van der Waals surface area contributed by atoms with E-state index in [2.05, 4.69) is 172 Å². The molecule has 0 radical (unpaired) electrons. The van der Waals surface area contributed by atoms with Crippen molar-refractivity contribution in [1.29, 1.82) is 0 Å². The van der Waals surface area contributed by atoms with Crippen LogP contribution in [0.25, 0.3) is 0 Å². The average molecular weight is 1600 g/mol. The van der Waals surface area contributed by atoms with E-state index in [1.807, 2.05) is 72.8 Å². The van der Waals surface area contributed by atoms with Gasteiger partial charge in [-0.2, -0.15) is 0 Å². The van der Waals surface area contributed by atoms with Crippen molar-refractivity contribution in [2.45, 2.75) is 91.3 Å². The van der Waals surface area contributed by atoms with Crippen molar-refractivity contribution in [2.24, 2.45) is 0 Å². The molecule has 3 saturated heterocycles. The van der Waals surface area contributed by atoms with Crippen LogP contribution in [-0.4, -0.2) is 38.7 Å². The monoisotopic (exact) mass is 1590 g/mol. The second-order valence-electron chi connectivity index (χ2n) is 15.9. The first-order valence-corrected chi connectivity index (χ1v) is 29.7. The largest absolute Gasteiger partial charge is 0.464 e. The van der Waals surface area contributed by atoms with Crippen LogP contribution in [0.3, 0.4) is 0 Å². The fraction of sp³-hybridized carbons (Fsp3) is 0.294. The maximum Gasteiger partial charge on any atom is 0.199 e. The van der Waals surface area contributed by atoms with Gasteiger partial charge >= 0.3 is 0 Å². The molecule has 0 N–H and O–H groups in total. The van der Waals surface area contributed by atoms with Crippen LogP contribution in [0.4, 0.5) is 0 Å². The summed E-state index contributed by atoms with van der Waals surface area (Å²) in [4.78, 5) is 3.41. The molecule has 3 aliphatic heterocycles. The van der Waals surface area contributed by atoms with E-state index in [9.17, 15) is 0 Å². The molecule has 3 unspecified atom stereocenters. The molecule has 0 spiro atoms. The van der Waals surface area contributed by atoms with Crippen LogP contribution >= 0.6 is 136 Å². The summed E-state index contributed by atoms with van der Waals surface area (Å²) in [6.45, 7) is 2.21. The molecule has 0 bridgehead atoms. The van der Waals surface area contributed by atoms with Crippen LogP contribution in [0.2, 0.25) is 0 Å². The number of halogens is 6. The van der Waals surface area contributed by atoms with Gasteiger partial charge in [-0.25, -0.2) is 0 Å². The summed E-state index contributed by atoms with van der Waals surface area (Å²) in [5.74, 6) is 6.99. The first-order valence-electron chi connectivity index (χ1n) is 22.0. The summed E-state index contributed by atoms with van der Waals surface area (Å²) in [6, 6.07) is 37.4. The van der Waals surface area contributed by atoms with E-state index >= 15 is 0 Å². The normalized spacial score (nSPS) is 19.0. The molecule has 3 heterocycles. The van der Waals surface area contributed by atoms with Gasteiger partial charge in [-0.3, -0.25) is 0 Å². The number of hydrogen-bond donors (Lipinski definition) is 0. The zero-order valence-corrected chi connectivity index (χ0v) is 49.7. The standard InChI is InChI=1S/C51H45I6O9S/c52-37-28-46(64-49-7-1-4-22-58-49)40(55)25-43(37)61-31-10-16-34(17-11-31)67(35-18-12-32(13-19-35)62-44-26-41(56)47(29-38(44)53)65-50-8-2-5-23-59-50)36-20-14-33(15-21-36)63-45-27-42(57)48(30-39(45)54)66-51-9-3-6-24-60-51/h10-21,25-30,49-51H,1-9,22-24H2/q+1. The van der Waals surface area contributed by atoms with Crippen molar-refractivity contribution in [3.8, 4) is 51.7 Å². The first-order chi connectivity index (χ1) is 32.6. The van der Waals surface area contributed by atoms with E-state index in [0.29, 0.717) is 0 Å². The van der Waals surface area contributed by atoms with E-state index in [4.69, 9.17) is 42.6 Å². The maximum atomic E-state index is 6.49. The topological polar surface area (TPSA) is 83.1 Å². The Labute approximate surface area is 476 Å². The van der Waals surface area contributed by atoms with Crippen LogP contribution in [-0.2, 0) is 25.1 Å². The highest BCUT2D eigenvalue weighted by Gasteiger charge is 2.30. The van der Waals surface area contributed by atoms with Crippen molar-refractivity contribution < 1.29 is 42.6 Å². The van der Waals surface area contributed by atoms with Crippen molar-refractivity contribution in [3.05, 3.63) is 131 Å². The van der Waals surface area contributed by atoms with Gasteiger partial charge in [0, 0.05) is 19.3 Å². The summed E-state index contributed by atoms with van der Waals surface area (Å²) in [5, 5.41) is 0. The molecule has 0 amide bonds. The molecule has 350 valence electrons. The van der Waals surface area contributed by atoms with Gasteiger partial charge in [-0.1, -0.05) is 0 Å². The molecular formula is C51H45I6O9S+. The van der Waals surface area contributed by atoms with Crippen molar-refractivity contribution in [3.63, 3.8) is 0 Å². The van der Waals surface area contributed by atoms with Crippen LogP contribution < -0.4 is 28.4 Å². The van der Waals surface area contributed by atoms with E-state index in [1.165, 1.54) is 0 Å². The Bertz CT molecular complexity index is 2330. The Morgan fingerprint density at radius 2 is 0.597 bits per heavy atom. The van der Waals surface area contributed by atoms with E-state index in [-0.39, 0.29) is 18.9 Å². The molecule has 9 rings (SSSR count). The average Bonchev–Trinajstić information content (AvgIpc) is 3.34. The third kappa shape index (κ3) is 13.6. The molecule has 3 fully saturated rings. The second-order valence-corrected chi connectivity index (χ2v) is 24.9. The van der Waals surface area contributed by atoms with Crippen LogP contribution in [0, 0.1) is 21.4 Å². The van der Waals surface area contributed by atoms with Gasteiger partial charge in [0.2, 0.25) is 0 Å². The number of benzene rings is 6. The van der Waals surface area contributed by atoms with Crippen LogP contribution in [0.5, 0.6) is 51.7 Å². The zero-order chi connectivity index (χ0) is 46.3. The Kier molecular flexibility index (Phi) is 18.5. The fourth-order valence-electron chi connectivity index (χ4n) is 7.59. The maximum absolute atomic E-state index is 6.49. The van der Waals surface area contributed by atoms with Crippen LogP contribution in [0.15, 0.2) is 124 Å². The van der Waals surface area contributed by atoms with Gasteiger partial charge in [-0.15, -0.1) is 0 Å². The SMILES string of the molecule is Ic1cc(OC2CCCCO2)c(I)cc1Oc1ccc([S+](c2ccc(Oc3cc(I)c(OC4CCCCO4)cc3I)cc2)c2ccc(Oc3cc(I)c(OC4CCCCO4)cc3I)cc2)cc1. The zero-order valence-electron chi connectivity index (χ0n) is 36.0. The third-order valence-corrected chi connectivity index (χ3v) is 18.3. The highest BCUT2D eigenvalue weighted by molar-refractivity contribution is 14.1. The lowest BCUT2D eigenvalue weighted by atomic mass is 10.2. The van der Waals surface area contributed by atoms with Gasteiger partial charge in [0.05, 0.1) is 52.1 Å². The van der Waals surface area contributed by atoms with Gasteiger partial charge in [0.25, 0.3) is 0 Å². The van der Waals surface area contributed by atoms with Crippen molar-refractivity contribution in [1.82, 2.24) is 0 Å². The minimum atomic E-state index is -0.484. The third-order valence-electron chi connectivity index (χ3n) is 11.0. The lowest BCUT2D eigenvalue weighted by molar-refractivity contribution is -0.106. The lowest BCUT2D eigenvalue weighted by Gasteiger charge is -2.24. The molecule has 3 atom stereocenters. The number of hydrogen-bond acceptors (Lipinski definition) is 9.